The van der Waals surface area contributed by atoms with Gasteiger partial charge >= 0.3 is 5.97 Å². The SMILES string of the molecule is CC(=O)Cc1ccc2c(c1)C(C(=O)O)CCN2.CC(=O)Nc1ccc2c(c1)C(C(=O)n1nc(N)c3c1CN(S(C)(=O)=O)CC3)CCN2.CC(=O)Nc1ccc2c(c1)C(C(=O)n1nc3c(c1N)CCN(S(C)(=O)=O)C3)CCN2.CS(=O)(=O)N1CCc2c(N)n[nH]c2C1. The summed E-state index contributed by atoms with van der Waals surface area (Å²) in [6.07, 6.45) is 7.01. The number of hydrogen-bond donors (Lipinski definition) is 10. The number of sulfonamides is 3. The molecule has 0 aliphatic carbocycles. The number of carbonyl (C=O) groups excluding carboxylic acids is 5. The maximum absolute atomic E-state index is 13.5. The first-order valence-corrected chi connectivity index (χ1v) is 34.8. The zero-order chi connectivity index (χ0) is 66.0. The van der Waals surface area contributed by atoms with Crippen LogP contribution in [0.15, 0.2) is 54.6 Å². The van der Waals surface area contributed by atoms with Crippen LogP contribution in [0.4, 0.5) is 45.9 Å². The number of hydrogen-bond acceptors (Lipinski definition) is 21. The number of aromatic amines is 1. The molecule has 6 aliphatic rings. The van der Waals surface area contributed by atoms with Crippen molar-refractivity contribution >= 4 is 111 Å². The number of carboxylic acids is 1. The van der Waals surface area contributed by atoms with E-state index in [4.69, 9.17) is 22.3 Å². The number of Topliss-reactive ketones (excluding diaryl/α,β-unsaturated/α-hetero) is 1. The number of carbonyl (C=O) groups is 6. The first-order chi connectivity index (χ1) is 42.9. The van der Waals surface area contributed by atoms with Gasteiger partial charge in [-0.1, -0.05) is 12.1 Å². The van der Waals surface area contributed by atoms with Gasteiger partial charge in [0, 0.05) is 105 Å². The van der Waals surface area contributed by atoms with Crippen LogP contribution in [-0.4, -0.2) is 166 Å². The summed E-state index contributed by atoms with van der Waals surface area (Å²) in [7, 11) is -9.87. The van der Waals surface area contributed by atoms with Crippen LogP contribution in [0, 0.1) is 0 Å². The summed E-state index contributed by atoms with van der Waals surface area (Å²) in [5.41, 5.74) is 29.1. The number of amides is 2. The number of aromatic nitrogens is 6. The fourth-order valence-corrected chi connectivity index (χ4v) is 14.3. The molecule has 488 valence electrons. The van der Waals surface area contributed by atoms with Crippen molar-refractivity contribution in [3.63, 3.8) is 0 Å². The van der Waals surface area contributed by atoms with E-state index < -0.39 is 53.8 Å². The molecular weight excluding hydrogens is 1240 g/mol. The van der Waals surface area contributed by atoms with Crippen LogP contribution >= 0.6 is 0 Å². The van der Waals surface area contributed by atoms with Gasteiger partial charge in [-0.25, -0.2) is 29.9 Å². The molecule has 3 unspecified atom stereocenters. The molecule has 0 spiro atoms. The molecule has 2 amide bonds. The number of anilines is 8. The second-order valence-corrected chi connectivity index (χ2v) is 29.1. The van der Waals surface area contributed by atoms with E-state index in [0.717, 1.165) is 74.2 Å². The number of rotatable bonds is 10. The Morgan fingerprint density at radius 2 is 1.03 bits per heavy atom. The number of ketones is 1. The molecule has 13 N–H and O–H groups in total. The molecule has 3 aromatic heterocycles. The lowest BCUT2D eigenvalue weighted by molar-refractivity contribution is -0.139. The number of carboxylic acid groups (broad SMARTS) is 1. The van der Waals surface area contributed by atoms with Gasteiger partial charge in [-0.3, -0.25) is 33.9 Å². The van der Waals surface area contributed by atoms with Gasteiger partial charge in [0.1, 0.15) is 23.2 Å². The third-order valence-corrected chi connectivity index (χ3v) is 20.2. The van der Waals surface area contributed by atoms with Gasteiger partial charge in [0.05, 0.1) is 73.2 Å². The Labute approximate surface area is 526 Å². The Hall–Kier alpha value is -8.76. The van der Waals surface area contributed by atoms with Crippen molar-refractivity contribution in [2.45, 2.75) is 103 Å². The second-order valence-electron chi connectivity index (χ2n) is 23.1. The van der Waals surface area contributed by atoms with Crippen LogP contribution in [0.2, 0.25) is 0 Å². The highest BCUT2D eigenvalue weighted by molar-refractivity contribution is 7.88. The Balaban J connectivity index is 0.000000150. The first kappa shape index (κ1) is 66.7. The summed E-state index contributed by atoms with van der Waals surface area (Å²) < 4.78 is 76.8. The van der Waals surface area contributed by atoms with Crippen molar-refractivity contribution in [1.82, 2.24) is 42.7 Å². The maximum atomic E-state index is 13.5. The summed E-state index contributed by atoms with van der Waals surface area (Å²) in [5, 5.41) is 39.6. The predicted molar refractivity (Wildman–Crippen MR) is 342 cm³/mol. The molecule has 3 aromatic carbocycles. The van der Waals surface area contributed by atoms with Crippen LogP contribution < -0.4 is 43.8 Å². The second kappa shape index (κ2) is 27.0. The smallest absolute Gasteiger partial charge is 0.311 e. The van der Waals surface area contributed by atoms with E-state index in [-0.39, 0.29) is 54.1 Å². The van der Waals surface area contributed by atoms with Crippen LogP contribution in [0.3, 0.4) is 0 Å². The van der Waals surface area contributed by atoms with Crippen LogP contribution in [0.1, 0.15) is 123 Å². The molecule has 91 heavy (non-hydrogen) atoms. The topological polar surface area (TPSA) is 437 Å². The summed E-state index contributed by atoms with van der Waals surface area (Å²) in [6, 6.07) is 16.4. The zero-order valence-corrected chi connectivity index (χ0v) is 53.6. The molecule has 30 nitrogen and oxygen atoms in total. The standard InChI is InChI=1S/2C19H24N6O4S.C13H15NO3.C7H12N4O2S/c1-11(26)22-12-3-4-16-15(9-12)13(5-7-21-16)19(27)25-17-10-24(30(2,28)29)8-6-14(17)18(20)23-25;1-11(26)22-12-3-4-16-15(9-12)13(5-7-21-16)19(27)25-18(20)14-6-8-24(30(2,28)29)10-17(14)23-25;1-8(15)6-9-2-3-12-11(7-9)10(13(16)17)4-5-14-12;1-14(12,13)11-3-2-5-6(4-11)9-10-7(5)8/h3-4,9,13,21H,5-8,10H2,1-2H3,(H2,20,23)(H,22,26);3-4,9,13,21H,5-8,10,20H2,1-2H3,(H,22,26);2-3,7,10,14H,4-6H2,1H3,(H,16,17);2-4H2,1H3,(H3,8,9,10). The number of nitrogen functional groups attached to an aromatic ring is 3. The van der Waals surface area contributed by atoms with Crippen molar-refractivity contribution < 1.29 is 59.1 Å². The lowest BCUT2D eigenvalue weighted by Crippen LogP contribution is -2.37. The summed E-state index contributed by atoms with van der Waals surface area (Å²) in [6.45, 7) is 7.90. The van der Waals surface area contributed by atoms with Crippen molar-refractivity contribution in [3.8, 4) is 0 Å². The zero-order valence-electron chi connectivity index (χ0n) is 51.1. The van der Waals surface area contributed by atoms with Crippen molar-refractivity contribution in [2.75, 3.05) is 102 Å². The number of fused-ring (bicyclic) bond motifs is 6. The molecule has 0 saturated carbocycles. The third-order valence-electron chi connectivity index (χ3n) is 16.4. The third kappa shape index (κ3) is 15.4. The summed E-state index contributed by atoms with van der Waals surface area (Å²) in [4.78, 5) is 71.9. The molecule has 0 bridgehead atoms. The average molecular weight is 1310 g/mol. The van der Waals surface area contributed by atoms with Crippen LogP contribution in [0.25, 0.3) is 0 Å². The van der Waals surface area contributed by atoms with E-state index >= 15 is 0 Å². The molecule has 6 aromatic rings. The van der Waals surface area contributed by atoms with E-state index in [1.54, 1.807) is 24.3 Å². The minimum atomic E-state index is -3.40. The van der Waals surface area contributed by atoms with Crippen molar-refractivity contribution in [2.24, 2.45) is 0 Å². The van der Waals surface area contributed by atoms with Crippen molar-refractivity contribution in [1.29, 1.82) is 0 Å². The molecule has 33 heteroatoms. The number of H-pyrrole nitrogens is 1. The quantitative estimate of drug-likeness (QED) is 0.0942. The van der Waals surface area contributed by atoms with Gasteiger partial charge < -0.3 is 48.9 Å². The van der Waals surface area contributed by atoms with E-state index in [9.17, 15) is 54.0 Å². The van der Waals surface area contributed by atoms with Gasteiger partial charge in [-0.15, -0.1) is 5.10 Å². The van der Waals surface area contributed by atoms with Crippen LogP contribution in [-0.2, 0) is 94.6 Å². The largest absolute Gasteiger partial charge is 0.481 e. The van der Waals surface area contributed by atoms with E-state index in [1.807, 2.05) is 30.3 Å². The first-order valence-electron chi connectivity index (χ1n) is 29.2. The van der Waals surface area contributed by atoms with Gasteiger partial charge in [0.15, 0.2) is 0 Å². The Morgan fingerprint density at radius 1 is 0.571 bits per heavy atom. The molecule has 0 radical (unpaired) electrons. The Kier molecular flexibility index (Phi) is 19.8. The molecule has 3 atom stereocenters. The molecule has 6 aliphatic heterocycles. The van der Waals surface area contributed by atoms with E-state index in [1.165, 1.54) is 49.3 Å². The van der Waals surface area contributed by atoms with E-state index in [0.29, 0.717) is 119 Å². The monoisotopic (exact) mass is 1310 g/mol. The van der Waals surface area contributed by atoms with Gasteiger partial charge in [0.25, 0.3) is 11.8 Å². The van der Waals surface area contributed by atoms with Gasteiger partial charge in [-0.2, -0.15) is 27.8 Å². The fourth-order valence-electron chi connectivity index (χ4n) is 12.0. The summed E-state index contributed by atoms with van der Waals surface area (Å²) >= 11 is 0. The highest BCUT2D eigenvalue weighted by Crippen LogP contribution is 2.39. The number of nitrogens with zero attached hydrogens (tertiary/aromatic N) is 8. The molecule has 9 heterocycles. The number of aliphatic carboxylic acids is 1. The molecule has 0 fully saturated rings. The van der Waals surface area contributed by atoms with Gasteiger partial charge in [0.2, 0.25) is 41.9 Å². The lowest BCUT2D eigenvalue weighted by Gasteiger charge is -2.28. The fraction of sp³-hybridized carbons (Fsp3) is 0.431. The predicted octanol–water partition coefficient (Wildman–Crippen LogP) is 3.07. The highest BCUT2D eigenvalue weighted by atomic mass is 32.2. The minimum Gasteiger partial charge on any atom is -0.481 e. The van der Waals surface area contributed by atoms with E-state index in [2.05, 4.69) is 47.0 Å². The average Bonchev–Trinajstić information content (AvgIpc) is 1.68. The van der Waals surface area contributed by atoms with Crippen molar-refractivity contribution in [3.05, 3.63) is 111 Å². The Bertz CT molecular complexity index is 4220. The number of nitrogens with one attached hydrogen (secondary N) is 6. The molecular formula is C58H75N17O13S3. The molecule has 0 saturated heterocycles. The number of nitrogens with two attached hydrogens (primary N) is 3. The normalized spacial score (nSPS) is 18.5. The summed E-state index contributed by atoms with van der Waals surface area (Å²) in [5.74, 6) is -2.07. The lowest BCUT2D eigenvalue weighted by atomic mass is 9.89. The minimum absolute atomic E-state index is 0.0634. The maximum Gasteiger partial charge on any atom is 0.311 e. The van der Waals surface area contributed by atoms with Gasteiger partial charge in [-0.05, 0) is 110 Å². The molecule has 12 rings (SSSR count). The highest BCUT2D eigenvalue weighted by Gasteiger charge is 2.37. The van der Waals surface area contributed by atoms with Crippen LogP contribution in [0.5, 0.6) is 0 Å². The Morgan fingerprint density at radius 3 is 1.54 bits per heavy atom. The number of benzene rings is 3.